The Balaban J connectivity index is 2.35. The average Bonchev–Trinajstić information content (AvgIpc) is 2.51. The molecule has 116 valence electrons. The normalized spacial score (nSPS) is 10.2. The van der Waals surface area contributed by atoms with Crippen molar-refractivity contribution in [3.63, 3.8) is 0 Å². The van der Waals surface area contributed by atoms with Crippen molar-refractivity contribution in [2.75, 3.05) is 25.3 Å². The van der Waals surface area contributed by atoms with Gasteiger partial charge in [0.1, 0.15) is 11.5 Å². The zero-order valence-electron chi connectivity index (χ0n) is 13.2. The van der Waals surface area contributed by atoms with Gasteiger partial charge in [0.15, 0.2) is 0 Å². The zero-order valence-corrected chi connectivity index (χ0v) is 13.2. The molecule has 0 aliphatic carbocycles. The van der Waals surface area contributed by atoms with Crippen LogP contribution in [0, 0.1) is 13.8 Å². The minimum atomic E-state index is -0.261. The molecule has 0 fully saturated rings. The van der Waals surface area contributed by atoms with Gasteiger partial charge in [-0.25, -0.2) is 0 Å². The van der Waals surface area contributed by atoms with Gasteiger partial charge in [0, 0.05) is 11.4 Å². The van der Waals surface area contributed by atoms with Crippen LogP contribution < -0.4 is 20.5 Å². The maximum absolute atomic E-state index is 12.5. The predicted molar refractivity (Wildman–Crippen MR) is 87.8 cm³/mol. The monoisotopic (exact) mass is 300 g/mol. The van der Waals surface area contributed by atoms with Crippen molar-refractivity contribution in [3.05, 3.63) is 47.0 Å². The van der Waals surface area contributed by atoms with Gasteiger partial charge >= 0.3 is 0 Å². The molecule has 0 heterocycles. The van der Waals surface area contributed by atoms with Crippen molar-refractivity contribution in [1.82, 2.24) is 0 Å². The summed E-state index contributed by atoms with van der Waals surface area (Å²) in [6.07, 6.45) is 0. The van der Waals surface area contributed by atoms with E-state index in [1.807, 2.05) is 26.0 Å². The number of nitrogen functional groups attached to an aromatic ring is 1. The van der Waals surface area contributed by atoms with E-state index in [9.17, 15) is 4.79 Å². The van der Waals surface area contributed by atoms with Crippen LogP contribution in [0.25, 0.3) is 0 Å². The quantitative estimate of drug-likeness (QED) is 0.851. The van der Waals surface area contributed by atoms with Crippen LogP contribution in [0.4, 0.5) is 11.4 Å². The molecule has 3 N–H and O–H groups in total. The first kappa shape index (κ1) is 15.7. The van der Waals surface area contributed by atoms with Crippen LogP contribution >= 0.6 is 0 Å². The molecule has 0 saturated heterocycles. The number of hydrogen-bond donors (Lipinski definition) is 2. The number of benzene rings is 2. The lowest BCUT2D eigenvalue weighted by molar-refractivity contribution is 0.102. The van der Waals surface area contributed by atoms with Crippen molar-refractivity contribution in [2.24, 2.45) is 0 Å². The number of methoxy groups -OCH3 is 2. The topological polar surface area (TPSA) is 73.6 Å². The molecule has 0 aliphatic rings. The van der Waals surface area contributed by atoms with Crippen molar-refractivity contribution in [1.29, 1.82) is 0 Å². The molecular formula is C17H20N2O3. The van der Waals surface area contributed by atoms with E-state index in [4.69, 9.17) is 15.2 Å². The van der Waals surface area contributed by atoms with Crippen molar-refractivity contribution in [3.8, 4) is 11.5 Å². The maximum atomic E-state index is 12.5. The second-order valence-corrected chi connectivity index (χ2v) is 5.04. The molecule has 0 radical (unpaired) electrons. The van der Waals surface area contributed by atoms with Gasteiger partial charge in [-0.15, -0.1) is 0 Å². The number of anilines is 2. The molecule has 2 aromatic rings. The molecule has 5 heteroatoms. The number of amides is 1. The van der Waals surface area contributed by atoms with Crippen molar-refractivity contribution < 1.29 is 14.3 Å². The van der Waals surface area contributed by atoms with Gasteiger partial charge in [0.2, 0.25) is 0 Å². The highest BCUT2D eigenvalue weighted by atomic mass is 16.5. The lowest BCUT2D eigenvalue weighted by Crippen LogP contribution is -2.14. The largest absolute Gasteiger partial charge is 0.497 e. The van der Waals surface area contributed by atoms with E-state index in [1.54, 1.807) is 25.3 Å². The molecule has 2 rings (SSSR count). The molecule has 0 bridgehead atoms. The first-order chi connectivity index (χ1) is 10.5. The van der Waals surface area contributed by atoms with E-state index in [-0.39, 0.29) is 5.91 Å². The van der Waals surface area contributed by atoms with Crippen LogP contribution in [0.5, 0.6) is 11.5 Å². The highest BCUT2D eigenvalue weighted by Gasteiger charge is 2.15. The molecule has 0 aliphatic heterocycles. The highest BCUT2D eigenvalue weighted by Crippen LogP contribution is 2.27. The Morgan fingerprint density at radius 2 is 1.77 bits per heavy atom. The van der Waals surface area contributed by atoms with E-state index >= 15 is 0 Å². The minimum Gasteiger partial charge on any atom is -0.497 e. The average molecular weight is 300 g/mol. The Kier molecular flexibility index (Phi) is 4.56. The second-order valence-electron chi connectivity index (χ2n) is 5.04. The summed E-state index contributed by atoms with van der Waals surface area (Å²) in [7, 11) is 3.08. The van der Waals surface area contributed by atoms with E-state index in [0.717, 1.165) is 16.8 Å². The first-order valence-corrected chi connectivity index (χ1v) is 6.86. The lowest BCUT2D eigenvalue weighted by Gasteiger charge is -2.13. The number of carbonyl (C=O) groups excluding carboxylic acids is 1. The first-order valence-electron chi connectivity index (χ1n) is 6.86. The molecule has 2 aromatic carbocycles. The summed E-state index contributed by atoms with van der Waals surface area (Å²) < 4.78 is 10.4. The summed E-state index contributed by atoms with van der Waals surface area (Å²) in [5.74, 6) is 0.822. The van der Waals surface area contributed by atoms with Gasteiger partial charge in [-0.1, -0.05) is 0 Å². The summed E-state index contributed by atoms with van der Waals surface area (Å²) in [6, 6.07) is 8.79. The number of hydrogen-bond acceptors (Lipinski definition) is 4. The van der Waals surface area contributed by atoms with Gasteiger partial charge in [-0.3, -0.25) is 4.79 Å². The van der Waals surface area contributed by atoms with Crippen LogP contribution in [0.1, 0.15) is 21.5 Å². The fourth-order valence-electron chi connectivity index (χ4n) is 2.15. The summed E-state index contributed by atoms with van der Waals surface area (Å²) >= 11 is 0. The third kappa shape index (κ3) is 3.14. The van der Waals surface area contributed by atoms with Crippen LogP contribution in [0.15, 0.2) is 30.3 Å². The highest BCUT2D eigenvalue weighted by molar-refractivity contribution is 6.07. The number of carbonyl (C=O) groups is 1. The van der Waals surface area contributed by atoms with Crippen LogP contribution in [0.3, 0.4) is 0 Å². The number of aryl methyl sites for hydroxylation is 2. The Labute approximate surface area is 130 Å². The van der Waals surface area contributed by atoms with Gasteiger partial charge < -0.3 is 20.5 Å². The summed E-state index contributed by atoms with van der Waals surface area (Å²) in [6.45, 7) is 3.80. The molecule has 0 saturated carbocycles. The number of nitrogens with two attached hydrogens (primary N) is 1. The molecule has 22 heavy (non-hydrogen) atoms. The van der Waals surface area contributed by atoms with Crippen molar-refractivity contribution in [2.45, 2.75) is 13.8 Å². The molecule has 0 atom stereocenters. The Hall–Kier alpha value is -2.69. The smallest absolute Gasteiger partial charge is 0.259 e. The van der Waals surface area contributed by atoms with Gasteiger partial charge in [-0.05, 0) is 55.3 Å². The standard InChI is InChI=1S/C17H20N2O3/c1-10-8-15(11(2)7-14(10)18)19-17(20)13-9-12(21-3)5-6-16(13)22-4/h5-9H,18H2,1-4H3,(H,19,20). The maximum Gasteiger partial charge on any atom is 0.259 e. The molecule has 1 amide bonds. The number of rotatable bonds is 4. The molecule has 0 spiro atoms. The van der Waals surface area contributed by atoms with Crippen molar-refractivity contribution >= 4 is 17.3 Å². The number of nitrogens with one attached hydrogen (secondary N) is 1. The van der Waals surface area contributed by atoms with Crippen LogP contribution in [-0.2, 0) is 0 Å². The van der Waals surface area contributed by atoms with Gasteiger partial charge in [-0.2, -0.15) is 0 Å². The molecule has 5 nitrogen and oxygen atoms in total. The van der Waals surface area contributed by atoms with Crippen LogP contribution in [0.2, 0.25) is 0 Å². The minimum absolute atomic E-state index is 0.261. The zero-order chi connectivity index (χ0) is 16.3. The van der Waals surface area contributed by atoms with Gasteiger partial charge in [0.25, 0.3) is 5.91 Å². The molecular weight excluding hydrogens is 280 g/mol. The number of ether oxygens (including phenoxy) is 2. The van der Waals surface area contributed by atoms with Crippen LogP contribution in [-0.4, -0.2) is 20.1 Å². The lowest BCUT2D eigenvalue weighted by atomic mass is 10.1. The SMILES string of the molecule is COc1ccc(OC)c(C(=O)Nc2cc(C)c(N)cc2C)c1. The summed E-state index contributed by atoms with van der Waals surface area (Å²) in [5.41, 5.74) is 9.52. The predicted octanol–water partition coefficient (Wildman–Crippen LogP) is 3.16. The second kappa shape index (κ2) is 6.39. The molecule has 0 aromatic heterocycles. The van der Waals surface area contributed by atoms with E-state index in [0.29, 0.717) is 22.7 Å². The summed E-state index contributed by atoms with van der Waals surface area (Å²) in [4.78, 5) is 12.5. The fourth-order valence-corrected chi connectivity index (χ4v) is 2.15. The summed E-state index contributed by atoms with van der Waals surface area (Å²) in [5, 5.41) is 2.89. The Bertz CT molecular complexity index is 711. The van der Waals surface area contributed by atoms with E-state index in [2.05, 4.69) is 5.32 Å². The third-order valence-corrected chi connectivity index (χ3v) is 3.51. The fraction of sp³-hybridized carbons (Fsp3) is 0.235. The Morgan fingerprint density at radius 1 is 1.05 bits per heavy atom. The third-order valence-electron chi connectivity index (χ3n) is 3.51. The van der Waals surface area contributed by atoms with E-state index < -0.39 is 0 Å². The molecule has 0 unspecified atom stereocenters. The van der Waals surface area contributed by atoms with E-state index in [1.165, 1.54) is 7.11 Å². The van der Waals surface area contributed by atoms with Gasteiger partial charge in [0.05, 0.1) is 19.8 Å². The Morgan fingerprint density at radius 3 is 2.41 bits per heavy atom.